The first kappa shape index (κ1) is 12.7. The number of hydrogen-bond acceptors (Lipinski definition) is 3. The zero-order valence-corrected chi connectivity index (χ0v) is 11.3. The van der Waals surface area contributed by atoms with E-state index in [1.807, 2.05) is 25.2 Å². The Balaban J connectivity index is 2.25. The quantitative estimate of drug-likeness (QED) is 0.861. The van der Waals surface area contributed by atoms with Crippen molar-refractivity contribution in [2.24, 2.45) is 5.92 Å². The summed E-state index contributed by atoms with van der Waals surface area (Å²) < 4.78 is 0. The Morgan fingerprint density at radius 1 is 1.33 bits per heavy atom. The first-order chi connectivity index (χ1) is 8.59. The van der Waals surface area contributed by atoms with E-state index in [0.717, 1.165) is 36.6 Å². The lowest BCUT2D eigenvalue weighted by Crippen LogP contribution is -2.32. The molecule has 1 aliphatic heterocycles. The third-order valence-corrected chi connectivity index (χ3v) is 3.02. The van der Waals surface area contributed by atoms with Crippen molar-refractivity contribution in [3.8, 4) is 0 Å². The normalized spacial score (nSPS) is 13.6. The minimum atomic E-state index is 0.0803. The van der Waals surface area contributed by atoms with E-state index in [1.165, 1.54) is 0 Å². The smallest absolute Gasteiger partial charge is 0.255 e. The van der Waals surface area contributed by atoms with E-state index in [9.17, 15) is 4.79 Å². The zero-order chi connectivity index (χ0) is 13.1. The van der Waals surface area contributed by atoms with E-state index in [1.54, 1.807) is 4.90 Å². The molecule has 98 valence electrons. The van der Waals surface area contributed by atoms with Crippen LogP contribution in [0.15, 0.2) is 18.2 Å². The van der Waals surface area contributed by atoms with Crippen LogP contribution in [0.5, 0.6) is 0 Å². The first-order valence-corrected chi connectivity index (χ1v) is 6.46. The summed E-state index contributed by atoms with van der Waals surface area (Å²) in [5.41, 5.74) is 2.71. The van der Waals surface area contributed by atoms with Crippen LogP contribution in [0.4, 0.5) is 11.4 Å². The third kappa shape index (κ3) is 2.58. The molecule has 1 amide bonds. The molecule has 2 rings (SSSR count). The van der Waals surface area contributed by atoms with Gasteiger partial charge in [0, 0.05) is 26.7 Å². The topological polar surface area (TPSA) is 44.4 Å². The molecule has 2 N–H and O–H groups in total. The summed E-state index contributed by atoms with van der Waals surface area (Å²) in [5, 5.41) is 6.61. The van der Waals surface area contributed by atoms with Gasteiger partial charge in [-0.05, 0) is 18.1 Å². The number of nitrogens with zero attached hydrogens (tertiary/aromatic N) is 1. The fourth-order valence-electron chi connectivity index (χ4n) is 2.29. The molecule has 0 atom stereocenters. The van der Waals surface area contributed by atoms with Crippen LogP contribution in [0.2, 0.25) is 0 Å². The summed E-state index contributed by atoms with van der Waals surface area (Å²) in [6.45, 7) is 6.75. The summed E-state index contributed by atoms with van der Waals surface area (Å²) in [6.07, 6.45) is 0. The van der Waals surface area contributed by atoms with E-state index in [2.05, 4.69) is 24.5 Å². The van der Waals surface area contributed by atoms with Crippen LogP contribution in [-0.2, 0) is 0 Å². The summed E-state index contributed by atoms with van der Waals surface area (Å²) in [7, 11) is 1.86. The number of nitrogens with one attached hydrogen (secondary N) is 2. The van der Waals surface area contributed by atoms with Gasteiger partial charge in [0.15, 0.2) is 0 Å². The van der Waals surface area contributed by atoms with Crippen molar-refractivity contribution in [2.75, 3.05) is 37.3 Å². The highest BCUT2D eigenvalue weighted by Gasteiger charge is 2.20. The third-order valence-electron chi connectivity index (χ3n) is 3.02. The highest BCUT2D eigenvalue weighted by atomic mass is 16.2. The molecule has 1 aromatic carbocycles. The lowest BCUT2D eigenvalue weighted by molar-refractivity contribution is 0.0780. The number of rotatable bonds is 3. The number of benzene rings is 1. The maximum Gasteiger partial charge on any atom is 0.255 e. The SMILES string of the molecule is CC(C)CN(C)C(=O)c1cccc2c1NCCN2. The highest BCUT2D eigenvalue weighted by Crippen LogP contribution is 2.29. The van der Waals surface area contributed by atoms with Gasteiger partial charge < -0.3 is 15.5 Å². The molecular formula is C14H21N3O. The standard InChI is InChI=1S/C14H21N3O/c1-10(2)9-17(3)14(18)11-5-4-6-12-13(11)16-8-7-15-12/h4-6,10,15-16H,7-9H2,1-3H3. The van der Waals surface area contributed by atoms with Gasteiger partial charge in [0.2, 0.25) is 0 Å². The average Bonchev–Trinajstić information content (AvgIpc) is 2.36. The Kier molecular flexibility index (Phi) is 3.75. The van der Waals surface area contributed by atoms with Gasteiger partial charge in [0.05, 0.1) is 16.9 Å². The van der Waals surface area contributed by atoms with Crippen molar-refractivity contribution >= 4 is 17.3 Å². The number of carbonyl (C=O) groups excluding carboxylic acids is 1. The molecule has 0 aromatic heterocycles. The molecule has 4 heteroatoms. The molecule has 0 saturated heterocycles. The lowest BCUT2D eigenvalue weighted by atomic mass is 10.1. The zero-order valence-electron chi connectivity index (χ0n) is 11.3. The van der Waals surface area contributed by atoms with E-state index in [-0.39, 0.29) is 5.91 Å². The van der Waals surface area contributed by atoms with Crippen LogP contribution in [0, 0.1) is 5.92 Å². The van der Waals surface area contributed by atoms with Crippen LogP contribution in [-0.4, -0.2) is 37.5 Å². The van der Waals surface area contributed by atoms with Gasteiger partial charge >= 0.3 is 0 Å². The Morgan fingerprint density at radius 2 is 2.06 bits per heavy atom. The second-order valence-corrected chi connectivity index (χ2v) is 5.16. The maximum atomic E-state index is 12.4. The second kappa shape index (κ2) is 5.29. The van der Waals surface area contributed by atoms with Gasteiger partial charge in [-0.25, -0.2) is 0 Å². The van der Waals surface area contributed by atoms with Crippen LogP contribution in [0.3, 0.4) is 0 Å². The Morgan fingerprint density at radius 3 is 2.78 bits per heavy atom. The minimum absolute atomic E-state index is 0.0803. The van der Waals surface area contributed by atoms with Crippen molar-refractivity contribution in [2.45, 2.75) is 13.8 Å². The van der Waals surface area contributed by atoms with Crippen LogP contribution >= 0.6 is 0 Å². The van der Waals surface area contributed by atoms with Gasteiger partial charge in [0.25, 0.3) is 5.91 Å². The second-order valence-electron chi connectivity index (χ2n) is 5.16. The molecule has 0 saturated carbocycles. The summed E-state index contributed by atoms with van der Waals surface area (Å²) in [4.78, 5) is 14.2. The highest BCUT2D eigenvalue weighted by molar-refractivity contribution is 6.02. The first-order valence-electron chi connectivity index (χ1n) is 6.46. The minimum Gasteiger partial charge on any atom is -0.382 e. The number of fused-ring (bicyclic) bond motifs is 1. The number of carbonyl (C=O) groups is 1. The van der Waals surface area contributed by atoms with Gasteiger partial charge in [-0.15, -0.1) is 0 Å². The van der Waals surface area contributed by atoms with Crippen molar-refractivity contribution in [1.29, 1.82) is 0 Å². The van der Waals surface area contributed by atoms with Crippen molar-refractivity contribution in [3.05, 3.63) is 23.8 Å². The largest absolute Gasteiger partial charge is 0.382 e. The molecule has 0 spiro atoms. The molecule has 18 heavy (non-hydrogen) atoms. The van der Waals surface area contributed by atoms with Crippen molar-refractivity contribution < 1.29 is 4.79 Å². The average molecular weight is 247 g/mol. The number of para-hydroxylation sites is 1. The molecule has 0 unspecified atom stereocenters. The monoisotopic (exact) mass is 247 g/mol. The molecule has 4 nitrogen and oxygen atoms in total. The van der Waals surface area contributed by atoms with E-state index < -0.39 is 0 Å². The number of anilines is 2. The molecule has 0 fully saturated rings. The summed E-state index contributed by atoms with van der Waals surface area (Å²) >= 11 is 0. The molecule has 0 aliphatic carbocycles. The van der Waals surface area contributed by atoms with E-state index in [0.29, 0.717) is 5.92 Å². The predicted molar refractivity (Wildman–Crippen MR) is 75.2 cm³/mol. The van der Waals surface area contributed by atoms with Crippen LogP contribution in [0.25, 0.3) is 0 Å². The molecular weight excluding hydrogens is 226 g/mol. The molecule has 1 aliphatic rings. The van der Waals surface area contributed by atoms with Gasteiger partial charge in [-0.1, -0.05) is 19.9 Å². The summed E-state index contributed by atoms with van der Waals surface area (Å²) in [5.74, 6) is 0.557. The predicted octanol–water partition coefficient (Wildman–Crippen LogP) is 2.25. The number of hydrogen-bond donors (Lipinski definition) is 2. The molecule has 1 heterocycles. The number of amides is 1. The van der Waals surface area contributed by atoms with Crippen molar-refractivity contribution in [3.63, 3.8) is 0 Å². The Bertz CT molecular complexity index is 443. The molecule has 0 bridgehead atoms. The van der Waals surface area contributed by atoms with Gasteiger partial charge in [-0.3, -0.25) is 4.79 Å². The fourth-order valence-corrected chi connectivity index (χ4v) is 2.29. The molecule has 0 radical (unpaired) electrons. The Hall–Kier alpha value is -1.71. The van der Waals surface area contributed by atoms with E-state index >= 15 is 0 Å². The van der Waals surface area contributed by atoms with Crippen LogP contribution in [0.1, 0.15) is 24.2 Å². The lowest BCUT2D eigenvalue weighted by Gasteiger charge is -2.25. The van der Waals surface area contributed by atoms with Crippen molar-refractivity contribution in [1.82, 2.24) is 4.90 Å². The fraction of sp³-hybridized carbons (Fsp3) is 0.500. The van der Waals surface area contributed by atoms with Gasteiger partial charge in [-0.2, -0.15) is 0 Å². The van der Waals surface area contributed by atoms with Gasteiger partial charge in [0.1, 0.15) is 0 Å². The maximum absolute atomic E-state index is 12.4. The molecule has 1 aromatic rings. The van der Waals surface area contributed by atoms with E-state index in [4.69, 9.17) is 0 Å². The summed E-state index contributed by atoms with van der Waals surface area (Å²) in [6, 6.07) is 5.81. The Labute approximate surface area is 108 Å². The van der Waals surface area contributed by atoms with Crippen LogP contribution < -0.4 is 10.6 Å².